The molecule has 5 rings (SSSR count). The number of amides is 1. The second kappa shape index (κ2) is 12.3. The molecule has 0 unspecified atom stereocenters. The minimum Gasteiger partial charge on any atom is -0.494 e. The van der Waals surface area contributed by atoms with Crippen LogP contribution in [0.15, 0.2) is 82.6 Å². The average Bonchev–Trinajstić information content (AvgIpc) is 3.01. The van der Waals surface area contributed by atoms with Crippen LogP contribution in [-0.4, -0.2) is 41.4 Å². The van der Waals surface area contributed by atoms with Crippen molar-refractivity contribution >= 4 is 22.5 Å². The lowest BCUT2D eigenvalue weighted by Crippen LogP contribution is -2.42. The van der Waals surface area contributed by atoms with Crippen LogP contribution in [-0.2, 0) is 0 Å². The number of ether oxygens (including phenoxy) is 4. The Hall–Kier alpha value is -5.65. The highest BCUT2D eigenvalue weighted by Gasteiger charge is 2.21. The Labute approximate surface area is 251 Å². The molecule has 226 valence electrons. The van der Waals surface area contributed by atoms with Crippen molar-refractivity contribution in [2.24, 2.45) is 0 Å². The number of aromatic nitrogens is 3. The van der Waals surface area contributed by atoms with Gasteiger partial charge in [-0.25, -0.2) is 13.8 Å². The molecule has 0 aliphatic heterocycles. The first-order valence-corrected chi connectivity index (χ1v) is 13.5. The molecule has 2 aromatic heterocycles. The van der Waals surface area contributed by atoms with E-state index in [9.17, 15) is 18.8 Å². The van der Waals surface area contributed by atoms with Crippen molar-refractivity contribution in [2.75, 3.05) is 26.6 Å². The van der Waals surface area contributed by atoms with Crippen LogP contribution in [0.5, 0.6) is 28.7 Å². The summed E-state index contributed by atoms with van der Waals surface area (Å²) in [7, 11) is 4.50. The van der Waals surface area contributed by atoms with Gasteiger partial charge in [0.1, 0.15) is 28.6 Å². The van der Waals surface area contributed by atoms with Crippen molar-refractivity contribution < 1.29 is 28.1 Å². The molecule has 0 spiro atoms. The predicted molar refractivity (Wildman–Crippen MR) is 163 cm³/mol. The summed E-state index contributed by atoms with van der Waals surface area (Å²) < 4.78 is 38.1. The highest BCUT2D eigenvalue weighted by molar-refractivity contribution is 6.04. The van der Waals surface area contributed by atoms with Gasteiger partial charge in [-0.3, -0.25) is 19.1 Å². The normalized spacial score (nSPS) is 11.0. The van der Waals surface area contributed by atoms with E-state index in [0.29, 0.717) is 33.9 Å². The number of anilines is 1. The molecular weight excluding hydrogens is 571 g/mol. The fourth-order valence-corrected chi connectivity index (χ4v) is 4.61. The van der Waals surface area contributed by atoms with Crippen molar-refractivity contribution in [1.82, 2.24) is 14.1 Å². The van der Waals surface area contributed by atoms with Crippen LogP contribution in [0.25, 0.3) is 16.6 Å². The zero-order valence-corrected chi connectivity index (χ0v) is 24.6. The van der Waals surface area contributed by atoms with Crippen LogP contribution in [0.2, 0.25) is 0 Å². The zero-order valence-electron chi connectivity index (χ0n) is 24.6. The van der Waals surface area contributed by atoms with E-state index in [1.54, 1.807) is 63.6 Å². The van der Waals surface area contributed by atoms with Gasteiger partial charge in [0, 0.05) is 36.0 Å². The van der Waals surface area contributed by atoms with Gasteiger partial charge in [-0.15, -0.1) is 0 Å². The molecule has 1 N–H and O–H groups in total. The fourth-order valence-electron chi connectivity index (χ4n) is 4.61. The molecule has 44 heavy (non-hydrogen) atoms. The van der Waals surface area contributed by atoms with Gasteiger partial charge in [0.15, 0.2) is 11.5 Å². The molecule has 1 amide bonds. The van der Waals surface area contributed by atoms with E-state index < -0.39 is 23.0 Å². The number of carbonyl (C=O) groups excluding carboxylic acids is 1. The largest absolute Gasteiger partial charge is 0.494 e. The summed E-state index contributed by atoms with van der Waals surface area (Å²) in [6.07, 6.45) is 2.82. The third-order valence-corrected chi connectivity index (χ3v) is 6.86. The van der Waals surface area contributed by atoms with E-state index in [-0.39, 0.29) is 28.7 Å². The van der Waals surface area contributed by atoms with Crippen LogP contribution in [0.3, 0.4) is 0 Å². The number of nitrogens with one attached hydrogen (secondary N) is 1. The van der Waals surface area contributed by atoms with Gasteiger partial charge in [0.05, 0.1) is 38.2 Å². The maximum absolute atomic E-state index is 13.5. The quantitative estimate of drug-likeness (QED) is 0.241. The first-order valence-electron chi connectivity index (χ1n) is 13.5. The summed E-state index contributed by atoms with van der Waals surface area (Å²) in [5.41, 5.74) is -0.795. The first kappa shape index (κ1) is 29.8. The van der Waals surface area contributed by atoms with Crippen molar-refractivity contribution in [3.05, 3.63) is 105 Å². The molecule has 5 aromatic rings. The lowest BCUT2D eigenvalue weighted by molar-refractivity contribution is 0.102. The number of hydrogen-bond acceptors (Lipinski definition) is 8. The van der Waals surface area contributed by atoms with Gasteiger partial charge in [0.25, 0.3) is 11.5 Å². The lowest BCUT2D eigenvalue weighted by atomic mass is 10.1. The van der Waals surface area contributed by atoms with Crippen molar-refractivity contribution in [2.45, 2.75) is 19.9 Å². The molecule has 12 heteroatoms. The van der Waals surface area contributed by atoms with Crippen molar-refractivity contribution in [1.29, 1.82) is 0 Å². The summed E-state index contributed by atoms with van der Waals surface area (Å²) >= 11 is 0. The second-order valence-electron chi connectivity index (χ2n) is 9.90. The van der Waals surface area contributed by atoms with Crippen molar-refractivity contribution in [3.8, 4) is 34.4 Å². The molecule has 0 saturated carbocycles. The number of halogens is 1. The van der Waals surface area contributed by atoms with Gasteiger partial charge in [-0.2, -0.15) is 0 Å². The zero-order chi connectivity index (χ0) is 31.5. The topological polar surface area (TPSA) is 123 Å². The first-order chi connectivity index (χ1) is 21.1. The highest BCUT2D eigenvalue weighted by atomic mass is 19.1. The molecule has 0 radical (unpaired) electrons. The number of methoxy groups -OCH3 is 3. The minimum absolute atomic E-state index is 0.129. The van der Waals surface area contributed by atoms with E-state index in [1.807, 2.05) is 0 Å². The number of rotatable bonds is 9. The lowest BCUT2D eigenvalue weighted by Gasteiger charge is -2.17. The number of benzene rings is 3. The second-order valence-corrected chi connectivity index (χ2v) is 9.90. The standard InChI is InChI=1S/C32H29FN4O7/c1-18(2)36-17-23(31(39)37(32(36)40)20-8-6-19(33)7-9-20)30(38)35-24-11-10-21(14-27(24)41-3)44-26-12-13-34-25-16-29(43-5)28(42-4)15-22(25)26/h6-18H,1-5H3,(H,35,38). The molecule has 0 fully saturated rings. The Bertz CT molecular complexity index is 1980. The van der Waals surface area contributed by atoms with E-state index in [0.717, 1.165) is 16.7 Å². The summed E-state index contributed by atoms with van der Waals surface area (Å²) in [6, 6.07) is 14.4. The Morgan fingerprint density at radius 1 is 0.864 bits per heavy atom. The third-order valence-electron chi connectivity index (χ3n) is 6.86. The molecule has 11 nitrogen and oxygen atoms in total. The monoisotopic (exact) mass is 600 g/mol. The maximum atomic E-state index is 13.5. The number of hydrogen-bond donors (Lipinski definition) is 1. The third kappa shape index (κ3) is 5.69. The molecule has 0 atom stereocenters. The predicted octanol–water partition coefficient (Wildman–Crippen LogP) is 5.34. The molecule has 0 bridgehead atoms. The molecule has 0 saturated heterocycles. The van der Waals surface area contributed by atoms with E-state index >= 15 is 0 Å². The molecule has 0 aliphatic rings. The van der Waals surface area contributed by atoms with Gasteiger partial charge in [-0.1, -0.05) is 0 Å². The number of nitrogens with zero attached hydrogens (tertiary/aromatic N) is 3. The van der Waals surface area contributed by atoms with Gasteiger partial charge in [0.2, 0.25) is 0 Å². The van der Waals surface area contributed by atoms with E-state index in [1.165, 1.54) is 37.1 Å². The van der Waals surface area contributed by atoms with Gasteiger partial charge in [-0.05, 0) is 62.4 Å². The van der Waals surface area contributed by atoms with Crippen molar-refractivity contribution in [3.63, 3.8) is 0 Å². The summed E-state index contributed by atoms with van der Waals surface area (Å²) in [5, 5.41) is 3.37. The molecule has 3 aromatic carbocycles. The summed E-state index contributed by atoms with van der Waals surface area (Å²) in [4.78, 5) is 44.4. The van der Waals surface area contributed by atoms with Gasteiger partial charge >= 0.3 is 5.69 Å². The van der Waals surface area contributed by atoms with Gasteiger partial charge < -0.3 is 24.3 Å². The highest BCUT2D eigenvalue weighted by Crippen LogP contribution is 2.38. The fraction of sp³-hybridized carbons (Fsp3) is 0.188. The van der Waals surface area contributed by atoms with Crippen LogP contribution in [0, 0.1) is 5.82 Å². The van der Waals surface area contributed by atoms with E-state index in [2.05, 4.69) is 10.3 Å². The Kier molecular flexibility index (Phi) is 8.34. The Morgan fingerprint density at radius 2 is 1.55 bits per heavy atom. The smallest absolute Gasteiger partial charge is 0.335 e. The summed E-state index contributed by atoms with van der Waals surface area (Å²) in [6.45, 7) is 3.48. The molecular formula is C32H29FN4O7. The van der Waals surface area contributed by atoms with E-state index in [4.69, 9.17) is 18.9 Å². The number of fused-ring (bicyclic) bond motifs is 1. The molecule has 2 heterocycles. The Morgan fingerprint density at radius 3 is 2.20 bits per heavy atom. The number of pyridine rings is 1. The molecule has 0 aliphatic carbocycles. The summed E-state index contributed by atoms with van der Waals surface area (Å²) in [5.74, 6) is 0.881. The van der Waals surface area contributed by atoms with Crippen LogP contribution in [0.1, 0.15) is 30.2 Å². The van der Waals surface area contributed by atoms with Crippen LogP contribution in [0.4, 0.5) is 10.1 Å². The number of carbonyl (C=O) groups is 1. The SMILES string of the molecule is COc1cc(Oc2ccnc3cc(OC)c(OC)cc23)ccc1NC(=O)c1cn(C(C)C)c(=O)n(-c2ccc(F)cc2)c1=O. The Balaban J connectivity index is 1.48. The maximum Gasteiger partial charge on any atom is 0.335 e. The van der Waals surface area contributed by atoms with Crippen LogP contribution < -0.4 is 35.5 Å². The minimum atomic E-state index is -0.855. The van der Waals surface area contributed by atoms with Crippen LogP contribution >= 0.6 is 0 Å². The average molecular weight is 601 g/mol.